The molecule has 1 aromatic carbocycles. The zero-order valence-electron chi connectivity index (χ0n) is 9.93. The molecule has 0 aliphatic heterocycles. The summed E-state index contributed by atoms with van der Waals surface area (Å²) in [4.78, 5) is 4.21. The van der Waals surface area contributed by atoms with Crippen LogP contribution in [0.25, 0.3) is 0 Å². The monoisotopic (exact) mass is 227 g/mol. The van der Waals surface area contributed by atoms with Gasteiger partial charge in [-0.25, -0.2) is 4.98 Å². The number of anilines is 2. The molecular formula is C14H17N3. The third-order valence-corrected chi connectivity index (χ3v) is 2.74. The molecule has 1 atom stereocenters. The van der Waals surface area contributed by atoms with E-state index in [1.807, 2.05) is 12.1 Å². The van der Waals surface area contributed by atoms with Crippen molar-refractivity contribution in [1.82, 2.24) is 4.98 Å². The van der Waals surface area contributed by atoms with Gasteiger partial charge in [0.1, 0.15) is 5.82 Å². The molecule has 0 bridgehead atoms. The van der Waals surface area contributed by atoms with Gasteiger partial charge >= 0.3 is 0 Å². The number of aromatic nitrogens is 1. The molecule has 0 saturated carbocycles. The predicted molar refractivity (Wildman–Crippen MR) is 72.0 cm³/mol. The van der Waals surface area contributed by atoms with E-state index in [0.717, 1.165) is 18.1 Å². The van der Waals surface area contributed by atoms with E-state index in [0.29, 0.717) is 5.92 Å². The number of hydrogen-bond acceptors (Lipinski definition) is 3. The minimum absolute atomic E-state index is 0.444. The Kier molecular flexibility index (Phi) is 3.60. The molecule has 0 aliphatic carbocycles. The number of pyridine rings is 1. The molecule has 1 heterocycles. The number of benzene rings is 1. The first kappa shape index (κ1) is 11.5. The molecule has 2 rings (SSSR count). The quantitative estimate of drug-likeness (QED) is 0.844. The van der Waals surface area contributed by atoms with Gasteiger partial charge < -0.3 is 11.1 Å². The Bertz CT molecular complexity index is 468. The highest BCUT2D eigenvalue weighted by Crippen LogP contribution is 2.15. The average Bonchev–Trinajstić information content (AvgIpc) is 2.37. The summed E-state index contributed by atoms with van der Waals surface area (Å²) in [6.45, 7) is 3.04. The van der Waals surface area contributed by atoms with Gasteiger partial charge in [-0.05, 0) is 17.5 Å². The van der Waals surface area contributed by atoms with Crippen molar-refractivity contribution in [2.45, 2.75) is 12.8 Å². The molecule has 3 N–H and O–H groups in total. The van der Waals surface area contributed by atoms with Gasteiger partial charge in [0.2, 0.25) is 0 Å². The standard InChI is InChI=1S/C14H17N3/c1-11(12-5-3-2-4-6-12)10-17-14-9-13(15)7-8-16-14/h2-9,11H,10H2,1H3,(H3,15,16,17). The fraction of sp³-hybridized carbons (Fsp3) is 0.214. The van der Waals surface area contributed by atoms with E-state index in [9.17, 15) is 0 Å². The van der Waals surface area contributed by atoms with E-state index in [1.165, 1.54) is 5.56 Å². The van der Waals surface area contributed by atoms with Gasteiger partial charge in [-0.15, -0.1) is 0 Å². The second-order valence-electron chi connectivity index (χ2n) is 4.17. The molecule has 0 fully saturated rings. The van der Waals surface area contributed by atoms with E-state index in [4.69, 9.17) is 5.73 Å². The van der Waals surface area contributed by atoms with Crippen LogP contribution in [0.4, 0.5) is 11.5 Å². The number of nitrogens with one attached hydrogen (secondary N) is 1. The van der Waals surface area contributed by atoms with Gasteiger partial charge in [-0.3, -0.25) is 0 Å². The first-order valence-electron chi connectivity index (χ1n) is 5.76. The Balaban J connectivity index is 1.95. The summed E-state index contributed by atoms with van der Waals surface area (Å²) in [6.07, 6.45) is 1.71. The summed E-state index contributed by atoms with van der Waals surface area (Å²) in [5.74, 6) is 1.27. The molecule has 88 valence electrons. The van der Waals surface area contributed by atoms with Crippen molar-refractivity contribution in [1.29, 1.82) is 0 Å². The Morgan fingerprint density at radius 1 is 1.24 bits per heavy atom. The smallest absolute Gasteiger partial charge is 0.127 e. The van der Waals surface area contributed by atoms with Gasteiger partial charge in [-0.1, -0.05) is 37.3 Å². The maximum absolute atomic E-state index is 5.70. The SMILES string of the molecule is CC(CNc1cc(N)ccn1)c1ccccc1. The van der Waals surface area contributed by atoms with Crippen molar-refractivity contribution in [3.63, 3.8) is 0 Å². The molecule has 0 aliphatic rings. The fourth-order valence-electron chi connectivity index (χ4n) is 1.70. The molecule has 17 heavy (non-hydrogen) atoms. The van der Waals surface area contributed by atoms with Crippen molar-refractivity contribution in [3.8, 4) is 0 Å². The molecule has 3 heteroatoms. The number of nitrogen functional groups attached to an aromatic ring is 1. The highest BCUT2D eigenvalue weighted by molar-refractivity contribution is 5.48. The van der Waals surface area contributed by atoms with Crippen LogP contribution in [-0.2, 0) is 0 Å². The Hall–Kier alpha value is -2.03. The normalized spacial score (nSPS) is 12.1. The zero-order valence-corrected chi connectivity index (χ0v) is 9.93. The van der Waals surface area contributed by atoms with Crippen molar-refractivity contribution in [3.05, 3.63) is 54.2 Å². The summed E-state index contributed by atoms with van der Waals surface area (Å²) in [5, 5.41) is 3.29. The number of rotatable bonds is 4. The number of nitrogens with two attached hydrogens (primary N) is 1. The van der Waals surface area contributed by atoms with Crippen LogP contribution < -0.4 is 11.1 Å². The fourth-order valence-corrected chi connectivity index (χ4v) is 1.70. The highest BCUT2D eigenvalue weighted by Gasteiger charge is 2.04. The van der Waals surface area contributed by atoms with Crippen LogP contribution in [0.5, 0.6) is 0 Å². The van der Waals surface area contributed by atoms with Crippen LogP contribution in [0.3, 0.4) is 0 Å². The van der Waals surface area contributed by atoms with Crippen molar-refractivity contribution in [2.24, 2.45) is 0 Å². The van der Waals surface area contributed by atoms with Crippen LogP contribution in [-0.4, -0.2) is 11.5 Å². The Morgan fingerprint density at radius 2 is 2.00 bits per heavy atom. The molecule has 0 saturated heterocycles. The summed E-state index contributed by atoms with van der Waals surface area (Å²) < 4.78 is 0. The van der Waals surface area contributed by atoms with E-state index >= 15 is 0 Å². The van der Waals surface area contributed by atoms with E-state index < -0.39 is 0 Å². The van der Waals surface area contributed by atoms with Crippen LogP contribution in [0.2, 0.25) is 0 Å². The van der Waals surface area contributed by atoms with E-state index in [2.05, 4.69) is 41.5 Å². The lowest BCUT2D eigenvalue weighted by atomic mass is 10.0. The number of nitrogens with zero attached hydrogens (tertiary/aromatic N) is 1. The minimum Gasteiger partial charge on any atom is -0.399 e. The molecule has 0 amide bonds. The Morgan fingerprint density at radius 3 is 2.71 bits per heavy atom. The summed E-state index contributed by atoms with van der Waals surface area (Å²) in [7, 11) is 0. The van der Waals surface area contributed by atoms with Gasteiger partial charge in [-0.2, -0.15) is 0 Å². The highest BCUT2D eigenvalue weighted by atomic mass is 15.0. The molecule has 1 unspecified atom stereocenters. The van der Waals surface area contributed by atoms with Gasteiger partial charge in [0.05, 0.1) is 0 Å². The van der Waals surface area contributed by atoms with Crippen molar-refractivity contribution >= 4 is 11.5 Å². The lowest BCUT2D eigenvalue weighted by molar-refractivity contribution is 0.801. The molecule has 1 aromatic heterocycles. The van der Waals surface area contributed by atoms with Crippen LogP contribution in [0.1, 0.15) is 18.4 Å². The largest absolute Gasteiger partial charge is 0.399 e. The average molecular weight is 227 g/mol. The first-order chi connectivity index (χ1) is 8.25. The second kappa shape index (κ2) is 5.34. The third-order valence-electron chi connectivity index (χ3n) is 2.74. The van der Waals surface area contributed by atoms with E-state index in [1.54, 1.807) is 12.3 Å². The van der Waals surface area contributed by atoms with Gasteiger partial charge in [0.25, 0.3) is 0 Å². The molecule has 0 radical (unpaired) electrons. The molecule has 3 nitrogen and oxygen atoms in total. The molecule has 0 spiro atoms. The first-order valence-corrected chi connectivity index (χ1v) is 5.76. The topological polar surface area (TPSA) is 50.9 Å². The zero-order chi connectivity index (χ0) is 12.1. The second-order valence-corrected chi connectivity index (χ2v) is 4.17. The third kappa shape index (κ3) is 3.21. The summed E-state index contributed by atoms with van der Waals surface area (Å²) >= 11 is 0. The Labute approximate surface area is 102 Å². The predicted octanol–water partition coefficient (Wildman–Crippen LogP) is 2.88. The number of hydrogen-bond donors (Lipinski definition) is 2. The summed E-state index contributed by atoms with van der Waals surface area (Å²) in [6, 6.07) is 14.1. The maximum atomic E-state index is 5.70. The maximum Gasteiger partial charge on any atom is 0.127 e. The van der Waals surface area contributed by atoms with Crippen molar-refractivity contribution in [2.75, 3.05) is 17.6 Å². The lowest BCUT2D eigenvalue weighted by Gasteiger charge is -2.13. The van der Waals surface area contributed by atoms with Gasteiger partial charge in [0.15, 0.2) is 0 Å². The molecule has 2 aromatic rings. The minimum atomic E-state index is 0.444. The van der Waals surface area contributed by atoms with Crippen molar-refractivity contribution < 1.29 is 0 Å². The summed E-state index contributed by atoms with van der Waals surface area (Å²) in [5.41, 5.74) is 7.75. The molecular weight excluding hydrogens is 210 g/mol. The van der Waals surface area contributed by atoms with E-state index in [-0.39, 0.29) is 0 Å². The van der Waals surface area contributed by atoms with Crippen LogP contribution in [0, 0.1) is 0 Å². The van der Waals surface area contributed by atoms with Crippen LogP contribution in [0.15, 0.2) is 48.7 Å². The van der Waals surface area contributed by atoms with Crippen LogP contribution >= 0.6 is 0 Å². The van der Waals surface area contributed by atoms with Gasteiger partial charge in [0, 0.05) is 24.5 Å². The lowest BCUT2D eigenvalue weighted by Crippen LogP contribution is -2.10.